The highest BCUT2D eigenvalue weighted by molar-refractivity contribution is 7.89. The molecule has 8 heteroatoms. The fourth-order valence-electron chi connectivity index (χ4n) is 1.76. The van der Waals surface area contributed by atoms with Crippen LogP contribution in [0.25, 0.3) is 0 Å². The summed E-state index contributed by atoms with van der Waals surface area (Å²) in [5.74, 6) is 0. The highest BCUT2D eigenvalue weighted by atomic mass is 32.2. The van der Waals surface area contributed by atoms with Crippen LogP contribution in [0.5, 0.6) is 0 Å². The molecule has 0 aliphatic carbocycles. The van der Waals surface area contributed by atoms with Gasteiger partial charge in [0.15, 0.2) is 0 Å². The summed E-state index contributed by atoms with van der Waals surface area (Å²) in [6.07, 6.45) is 3.23. The van der Waals surface area contributed by atoms with Crippen molar-refractivity contribution in [2.75, 3.05) is 18.4 Å². The fraction of sp³-hybridized carbons (Fsp3) is 0.333. The summed E-state index contributed by atoms with van der Waals surface area (Å²) in [7, 11) is -3.54. The molecule has 0 unspecified atom stereocenters. The molecule has 7 nitrogen and oxygen atoms in total. The van der Waals surface area contributed by atoms with Gasteiger partial charge >= 0.3 is 0 Å². The Morgan fingerprint density at radius 2 is 2.10 bits per heavy atom. The number of para-hydroxylation sites is 1. The van der Waals surface area contributed by atoms with Gasteiger partial charge in [0, 0.05) is 19.3 Å². The molecular formula is C12H17N5O2S. The highest BCUT2D eigenvalue weighted by Crippen LogP contribution is 2.20. The van der Waals surface area contributed by atoms with Gasteiger partial charge < -0.3 is 5.32 Å². The molecule has 0 spiro atoms. The first-order valence-corrected chi connectivity index (χ1v) is 7.78. The maximum atomic E-state index is 12.3. The van der Waals surface area contributed by atoms with Crippen molar-refractivity contribution >= 4 is 15.7 Å². The standard InChI is InChI=1S/C12H17N5O2S/c1-2-13-11-5-3-4-6-12(11)20(18,19)15-8-10-17-9-7-14-16-17/h3-7,9,13,15H,2,8,10H2,1H3. The van der Waals surface area contributed by atoms with Gasteiger partial charge in [-0.05, 0) is 19.1 Å². The Morgan fingerprint density at radius 3 is 2.80 bits per heavy atom. The van der Waals surface area contributed by atoms with Gasteiger partial charge in [0.25, 0.3) is 0 Å². The number of sulfonamides is 1. The van der Waals surface area contributed by atoms with Crippen LogP contribution >= 0.6 is 0 Å². The lowest BCUT2D eigenvalue weighted by atomic mass is 10.3. The predicted molar refractivity (Wildman–Crippen MR) is 75.8 cm³/mol. The second-order valence-corrected chi connectivity index (χ2v) is 5.83. The number of benzene rings is 1. The average Bonchev–Trinajstić information content (AvgIpc) is 2.92. The minimum Gasteiger partial charge on any atom is -0.384 e. The molecule has 2 aromatic rings. The first kappa shape index (κ1) is 14.5. The number of nitrogens with one attached hydrogen (secondary N) is 2. The van der Waals surface area contributed by atoms with Gasteiger partial charge in [-0.2, -0.15) is 0 Å². The summed E-state index contributed by atoms with van der Waals surface area (Å²) in [5.41, 5.74) is 0.600. The van der Waals surface area contributed by atoms with Gasteiger partial charge in [0.1, 0.15) is 4.90 Å². The molecule has 0 radical (unpaired) electrons. The zero-order valence-corrected chi connectivity index (χ0v) is 12.0. The van der Waals surface area contributed by atoms with E-state index in [2.05, 4.69) is 20.4 Å². The normalized spacial score (nSPS) is 11.4. The maximum absolute atomic E-state index is 12.3. The van der Waals surface area contributed by atoms with Crippen LogP contribution in [0.15, 0.2) is 41.6 Å². The summed E-state index contributed by atoms with van der Waals surface area (Å²) in [6, 6.07) is 6.82. The van der Waals surface area contributed by atoms with E-state index < -0.39 is 10.0 Å². The van der Waals surface area contributed by atoms with Crippen LogP contribution in [-0.2, 0) is 16.6 Å². The quantitative estimate of drug-likeness (QED) is 0.784. The Balaban J connectivity index is 2.06. The van der Waals surface area contributed by atoms with E-state index in [0.29, 0.717) is 18.8 Å². The molecule has 0 saturated heterocycles. The molecule has 2 N–H and O–H groups in total. The van der Waals surface area contributed by atoms with Crippen molar-refractivity contribution in [1.82, 2.24) is 19.7 Å². The number of aromatic nitrogens is 3. The molecule has 1 aromatic heterocycles. The van der Waals surface area contributed by atoms with E-state index in [4.69, 9.17) is 0 Å². The number of hydrogen-bond acceptors (Lipinski definition) is 5. The largest absolute Gasteiger partial charge is 0.384 e. The van der Waals surface area contributed by atoms with Crippen molar-refractivity contribution in [2.45, 2.75) is 18.4 Å². The molecule has 20 heavy (non-hydrogen) atoms. The zero-order valence-electron chi connectivity index (χ0n) is 11.2. The minimum absolute atomic E-state index is 0.250. The Kier molecular flexibility index (Phi) is 4.70. The van der Waals surface area contributed by atoms with Crippen LogP contribution in [0.1, 0.15) is 6.92 Å². The monoisotopic (exact) mass is 295 g/mol. The number of hydrogen-bond donors (Lipinski definition) is 2. The molecule has 0 bridgehead atoms. The number of anilines is 1. The zero-order chi connectivity index (χ0) is 14.4. The molecule has 2 rings (SSSR count). The van der Waals surface area contributed by atoms with Crippen LogP contribution in [0, 0.1) is 0 Å². The van der Waals surface area contributed by atoms with Crippen molar-refractivity contribution in [1.29, 1.82) is 0 Å². The fourth-order valence-corrected chi connectivity index (χ4v) is 2.96. The molecule has 0 amide bonds. The summed E-state index contributed by atoms with van der Waals surface area (Å²) < 4.78 is 28.6. The van der Waals surface area contributed by atoms with Crippen molar-refractivity contribution in [2.24, 2.45) is 0 Å². The Bertz CT molecular complexity index is 640. The number of rotatable bonds is 7. The Morgan fingerprint density at radius 1 is 1.30 bits per heavy atom. The lowest BCUT2D eigenvalue weighted by Crippen LogP contribution is -2.28. The van der Waals surface area contributed by atoms with E-state index in [1.54, 1.807) is 41.3 Å². The third kappa shape index (κ3) is 3.55. The highest BCUT2D eigenvalue weighted by Gasteiger charge is 2.17. The molecule has 1 heterocycles. The topological polar surface area (TPSA) is 88.9 Å². The summed E-state index contributed by atoms with van der Waals surface area (Å²) in [4.78, 5) is 0.250. The van der Waals surface area contributed by atoms with Crippen LogP contribution < -0.4 is 10.0 Å². The van der Waals surface area contributed by atoms with E-state index in [1.807, 2.05) is 6.92 Å². The third-order valence-electron chi connectivity index (χ3n) is 2.65. The van der Waals surface area contributed by atoms with E-state index >= 15 is 0 Å². The molecular weight excluding hydrogens is 278 g/mol. The van der Waals surface area contributed by atoms with Gasteiger partial charge in [0.05, 0.1) is 18.4 Å². The second-order valence-electron chi connectivity index (χ2n) is 4.09. The SMILES string of the molecule is CCNc1ccccc1S(=O)(=O)NCCn1ccnn1. The lowest BCUT2D eigenvalue weighted by molar-refractivity contribution is 0.553. The van der Waals surface area contributed by atoms with Crippen LogP contribution in [0.4, 0.5) is 5.69 Å². The van der Waals surface area contributed by atoms with Gasteiger partial charge in [0.2, 0.25) is 10.0 Å². The van der Waals surface area contributed by atoms with Gasteiger partial charge in [-0.25, -0.2) is 13.1 Å². The minimum atomic E-state index is -3.54. The van der Waals surface area contributed by atoms with Crippen molar-refractivity contribution < 1.29 is 8.42 Å². The molecule has 0 atom stereocenters. The molecule has 0 aliphatic rings. The molecule has 0 saturated carbocycles. The Hall–Kier alpha value is -1.93. The van der Waals surface area contributed by atoms with Crippen LogP contribution in [0.3, 0.4) is 0 Å². The first-order chi connectivity index (χ1) is 9.63. The smallest absolute Gasteiger partial charge is 0.242 e. The van der Waals surface area contributed by atoms with Crippen molar-refractivity contribution in [3.8, 4) is 0 Å². The molecule has 108 valence electrons. The molecule has 0 aliphatic heterocycles. The molecule has 0 fully saturated rings. The van der Waals surface area contributed by atoms with Gasteiger partial charge in [-0.3, -0.25) is 4.68 Å². The summed E-state index contributed by atoms with van der Waals surface area (Å²) >= 11 is 0. The Labute approximate surface area is 118 Å². The predicted octanol–water partition coefficient (Wildman–Crippen LogP) is 0.688. The van der Waals surface area contributed by atoms with Crippen LogP contribution in [-0.4, -0.2) is 36.5 Å². The van der Waals surface area contributed by atoms with Crippen LogP contribution in [0.2, 0.25) is 0 Å². The van der Waals surface area contributed by atoms with Gasteiger partial charge in [-0.15, -0.1) is 5.10 Å². The van der Waals surface area contributed by atoms with Crippen molar-refractivity contribution in [3.05, 3.63) is 36.7 Å². The van der Waals surface area contributed by atoms with Crippen molar-refractivity contribution in [3.63, 3.8) is 0 Å². The van der Waals surface area contributed by atoms with E-state index in [1.165, 1.54) is 0 Å². The first-order valence-electron chi connectivity index (χ1n) is 6.30. The van der Waals surface area contributed by atoms with E-state index in [-0.39, 0.29) is 11.4 Å². The summed E-state index contributed by atoms with van der Waals surface area (Å²) in [6.45, 7) is 3.27. The summed E-state index contributed by atoms with van der Waals surface area (Å²) in [5, 5.41) is 10.5. The number of nitrogens with zero attached hydrogens (tertiary/aromatic N) is 3. The van der Waals surface area contributed by atoms with E-state index in [0.717, 1.165) is 0 Å². The second kappa shape index (κ2) is 6.49. The lowest BCUT2D eigenvalue weighted by Gasteiger charge is -2.12. The average molecular weight is 295 g/mol. The van der Waals surface area contributed by atoms with Gasteiger partial charge in [-0.1, -0.05) is 17.3 Å². The molecule has 1 aromatic carbocycles. The third-order valence-corrected chi connectivity index (χ3v) is 4.17. The van der Waals surface area contributed by atoms with E-state index in [9.17, 15) is 8.42 Å². The maximum Gasteiger partial charge on any atom is 0.242 e.